The van der Waals surface area contributed by atoms with E-state index in [2.05, 4.69) is 58.0 Å². The normalized spacial score (nSPS) is 11.0. The van der Waals surface area contributed by atoms with Gasteiger partial charge < -0.3 is 14.6 Å². The van der Waals surface area contributed by atoms with Crippen LogP contribution in [0.5, 0.6) is 5.75 Å². The van der Waals surface area contributed by atoms with E-state index in [0.717, 1.165) is 37.1 Å². The fraction of sp³-hybridized carbons (Fsp3) is 0.318. The van der Waals surface area contributed by atoms with Gasteiger partial charge in [-0.3, -0.25) is 4.79 Å². The average molecular weight is 536 g/mol. The van der Waals surface area contributed by atoms with Gasteiger partial charge in [-0.15, -0.1) is 10.2 Å². The number of halogens is 1. The molecule has 0 aliphatic rings. The van der Waals surface area contributed by atoms with Gasteiger partial charge in [-0.2, -0.15) is 0 Å². The molecule has 0 spiro atoms. The van der Waals surface area contributed by atoms with E-state index in [-0.39, 0.29) is 11.7 Å². The zero-order valence-electron chi connectivity index (χ0n) is 17.5. The van der Waals surface area contributed by atoms with Gasteiger partial charge >= 0.3 is 0 Å². The first kappa shape index (κ1) is 22.6. The highest BCUT2D eigenvalue weighted by Crippen LogP contribution is 2.27. The molecule has 0 aliphatic heterocycles. The highest BCUT2D eigenvalue weighted by atomic mass is 127. The highest BCUT2D eigenvalue weighted by Gasteiger charge is 2.14. The first-order valence-electron chi connectivity index (χ1n) is 9.60. The molecule has 0 radical (unpaired) electrons. The van der Waals surface area contributed by atoms with Crippen LogP contribution >= 0.6 is 34.4 Å². The summed E-state index contributed by atoms with van der Waals surface area (Å²) in [5.74, 6) is 2.23. The molecule has 0 unspecified atom stereocenters. The van der Waals surface area contributed by atoms with Crippen molar-refractivity contribution < 1.29 is 9.53 Å². The van der Waals surface area contributed by atoms with Crippen LogP contribution in [0, 0.1) is 3.57 Å². The molecule has 30 heavy (non-hydrogen) atoms. The summed E-state index contributed by atoms with van der Waals surface area (Å²) in [4.78, 5) is 12.5. The maximum Gasteiger partial charge on any atom is 0.234 e. The van der Waals surface area contributed by atoms with Crippen LogP contribution in [0.2, 0.25) is 0 Å². The van der Waals surface area contributed by atoms with Gasteiger partial charge in [-0.05, 0) is 70.0 Å². The number of aromatic nitrogens is 3. The van der Waals surface area contributed by atoms with Crippen LogP contribution in [-0.2, 0) is 18.3 Å². The summed E-state index contributed by atoms with van der Waals surface area (Å²) in [7, 11) is 3.58. The second-order valence-corrected chi connectivity index (χ2v) is 9.39. The lowest BCUT2D eigenvalue weighted by Gasteiger charge is -2.14. The number of carbonyl (C=O) groups is 1. The van der Waals surface area contributed by atoms with Crippen molar-refractivity contribution in [3.8, 4) is 5.75 Å². The van der Waals surface area contributed by atoms with Crippen molar-refractivity contribution in [2.24, 2.45) is 7.05 Å². The Bertz CT molecular complexity index is 1020. The number of anilines is 1. The predicted octanol–water partition coefficient (Wildman–Crippen LogP) is 4.87. The zero-order chi connectivity index (χ0) is 21.7. The van der Waals surface area contributed by atoms with Crippen molar-refractivity contribution >= 4 is 45.9 Å². The number of hydrogen-bond acceptors (Lipinski definition) is 5. The Hall–Kier alpha value is -2.07. The van der Waals surface area contributed by atoms with Gasteiger partial charge in [0.2, 0.25) is 5.91 Å². The van der Waals surface area contributed by atoms with Gasteiger partial charge in [-0.1, -0.05) is 37.7 Å². The number of nitrogens with zero attached hydrogens (tertiary/aromatic N) is 3. The number of thioether (sulfide) groups is 1. The molecule has 1 aromatic heterocycles. The van der Waals surface area contributed by atoms with E-state index < -0.39 is 0 Å². The lowest BCUT2D eigenvalue weighted by Crippen LogP contribution is -2.16. The average Bonchev–Trinajstić information content (AvgIpc) is 3.07. The van der Waals surface area contributed by atoms with E-state index in [1.54, 1.807) is 7.11 Å². The second kappa shape index (κ2) is 10.3. The zero-order valence-corrected chi connectivity index (χ0v) is 20.5. The van der Waals surface area contributed by atoms with Crippen LogP contribution in [0.25, 0.3) is 0 Å². The minimum Gasteiger partial charge on any atom is -0.497 e. The Kier molecular flexibility index (Phi) is 7.76. The molecular weight excluding hydrogens is 511 g/mol. The van der Waals surface area contributed by atoms with E-state index in [1.807, 2.05) is 48.0 Å². The molecule has 158 valence electrons. The molecule has 0 bridgehead atoms. The second-order valence-electron chi connectivity index (χ2n) is 7.21. The molecule has 3 rings (SSSR count). The van der Waals surface area contributed by atoms with Crippen molar-refractivity contribution in [2.75, 3.05) is 18.2 Å². The Labute approximate surface area is 195 Å². The number of hydrogen-bond donors (Lipinski definition) is 1. The lowest BCUT2D eigenvalue weighted by atomic mass is 10.0. The SMILES string of the molecule is COc1ccc(Cc2nnc(SCC(=O)Nc3ccc(I)cc3C(C)C)n2C)cc1. The molecule has 0 saturated heterocycles. The van der Waals surface area contributed by atoms with Crippen LogP contribution in [0.15, 0.2) is 47.6 Å². The Balaban J connectivity index is 1.60. The van der Waals surface area contributed by atoms with E-state index in [4.69, 9.17) is 4.74 Å². The summed E-state index contributed by atoms with van der Waals surface area (Å²) in [6.07, 6.45) is 0.667. The van der Waals surface area contributed by atoms with Gasteiger partial charge in [0.15, 0.2) is 5.16 Å². The van der Waals surface area contributed by atoms with Crippen LogP contribution in [0.1, 0.15) is 36.7 Å². The number of rotatable bonds is 8. The fourth-order valence-electron chi connectivity index (χ4n) is 2.99. The third kappa shape index (κ3) is 5.75. The summed E-state index contributed by atoms with van der Waals surface area (Å²) in [6.45, 7) is 4.25. The molecular formula is C22H25IN4O2S. The van der Waals surface area contributed by atoms with E-state index in [1.165, 1.54) is 11.8 Å². The molecule has 0 fully saturated rings. The highest BCUT2D eigenvalue weighted by molar-refractivity contribution is 14.1. The van der Waals surface area contributed by atoms with E-state index in [0.29, 0.717) is 12.3 Å². The fourth-order valence-corrected chi connectivity index (χ4v) is 4.24. The monoisotopic (exact) mass is 536 g/mol. The van der Waals surface area contributed by atoms with Crippen LogP contribution in [-0.4, -0.2) is 33.5 Å². The third-order valence-corrected chi connectivity index (χ3v) is 6.38. The lowest BCUT2D eigenvalue weighted by molar-refractivity contribution is -0.113. The number of carbonyl (C=O) groups excluding carboxylic acids is 1. The molecule has 3 aromatic rings. The molecule has 0 saturated carbocycles. The maximum absolute atomic E-state index is 12.5. The van der Waals surface area contributed by atoms with Crippen LogP contribution in [0.4, 0.5) is 5.69 Å². The van der Waals surface area contributed by atoms with Gasteiger partial charge in [0, 0.05) is 22.7 Å². The third-order valence-electron chi connectivity index (χ3n) is 4.69. The van der Waals surface area contributed by atoms with Crippen molar-refractivity contribution in [2.45, 2.75) is 31.3 Å². The first-order chi connectivity index (χ1) is 14.4. The van der Waals surface area contributed by atoms with E-state index >= 15 is 0 Å². The van der Waals surface area contributed by atoms with E-state index in [9.17, 15) is 4.79 Å². The topological polar surface area (TPSA) is 69.0 Å². The molecule has 1 N–H and O–H groups in total. The first-order valence-corrected chi connectivity index (χ1v) is 11.7. The summed E-state index contributed by atoms with van der Waals surface area (Å²) in [5.41, 5.74) is 3.13. The van der Waals surface area contributed by atoms with Crippen molar-refractivity contribution in [3.05, 3.63) is 63.0 Å². The number of amides is 1. The van der Waals surface area contributed by atoms with Crippen molar-refractivity contribution in [3.63, 3.8) is 0 Å². The number of benzene rings is 2. The van der Waals surface area contributed by atoms with Crippen molar-refractivity contribution in [1.82, 2.24) is 14.8 Å². The van der Waals surface area contributed by atoms with Gasteiger partial charge in [0.25, 0.3) is 0 Å². The Morgan fingerprint density at radius 2 is 1.93 bits per heavy atom. The minimum absolute atomic E-state index is 0.0530. The molecule has 2 aromatic carbocycles. The molecule has 0 aliphatic carbocycles. The quantitative estimate of drug-likeness (QED) is 0.329. The molecule has 1 heterocycles. The van der Waals surface area contributed by atoms with Crippen LogP contribution in [0.3, 0.4) is 0 Å². The Morgan fingerprint density at radius 3 is 2.60 bits per heavy atom. The maximum atomic E-state index is 12.5. The molecule has 1 amide bonds. The smallest absolute Gasteiger partial charge is 0.234 e. The minimum atomic E-state index is -0.0530. The number of ether oxygens (including phenoxy) is 1. The molecule has 0 atom stereocenters. The Morgan fingerprint density at radius 1 is 1.20 bits per heavy atom. The van der Waals surface area contributed by atoms with Crippen molar-refractivity contribution in [1.29, 1.82) is 0 Å². The number of methoxy groups -OCH3 is 1. The molecule has 8 heteroatoms. The van der Waals surface area contributed by atoms with Gasteiger partial charge in [-0.25, -0.2) is 0 Å². The summed E-state index contributed by atoms with van der Waals surface area (Å²) < 4.78 is 8.29. The largest absolute Gasteiger partial charge is 0.497 e. The van der Waals surface area contributed by atoms with Gasteiger partial charge in [0.1, 0.15) is 11.6 Å². The summed E-state index contributed by atoms with van der Waals surface area (Å²) >= 11 is 3.67. The summed E-state index contributed by atoms with van der Waals surface area (Å²) in [5, 5.41) is 12.3. The van der Waals surface area contributed by atoms with Gasteiger partial charge in [0.05, 0.1) is 12.9 Å². The predicted molar refractivity (Wildman–Crippen MR) is 129 cm³/mol. The summed E-state index contributed by atoms with van der Waals surface area (Å²) in [6, 6.07) is 14.0. The van der Waals surface area contributed by atoms with Crippen LogP contribution < -0.4 is 10.1 Å². The number of nitrogens with one attached hydrogen (secondary N) is 1. The standard InChI is InChI=1S/C22H25IN4O2S/c1-14(2)18-12-16(23)7-10-19(18)24-21(28)13-30-22-26-25-20(27(22)3)11-15-5-8-17(29-4)9-6-15/h5-10,12,14H,11,13H2,1-4H3,(H,24,28). The molecule has 6 nitrogen and oxygen atoms in total.